The lowest BCUT2D eigenvalue weighted by atomic mass is 10.1. The minimum atomic E-state index is -0.348. The molecule has 0 unspecified atom stereocenters. The third-order valence-corrected chi connectivity index (χ3v) is 7.97. The van der Waals surface area contributed by atoms with Crippen LogP contribution in [0.25, 0.3) is 0 Å². The maximum absolute atomic E-state index is 5.95. The molecule has 2 fully saturated rings. The molecule has 4 nitrogen and oxygen atoms in total. The first-order valence-corrected chi connectivity index (χ1v) is 12.1. The summed E-state index contributed by atoms with van der Waals surface area (Å²) in [6, 6.07) is 20.8. The van der Waals surface area contributed by atoms with Crippen molar-refractivity contribution in [1.29, 1.82) is 0 Å². The predicted octanol–water partition coefficient (Wildman–Crippen LogP) is 4.95. The van der Waals surface area contributed by atoms with E-state index in [9.17, 15) is 0 Å². The van der Waals surface area contributed by atoms with Crippen LogP contribution in [0.5, 0.6) is 0 Å². The predicted molar refractivity (Wildman–Crippen MR) is 125 cm³/mol. The first-order valence-electron chi connectivity index (χ1n) is 9.21. The largest absolute Gasteiger partial charge is 0.453 e. The lowest BCUT2D eigenvalue weighted by molar-refractivity contribution is 0.0485. The van der Waals surface area contributed by atoms with Crippen LogP contribution in [0.1, 0.15) is 11.1 Å². The zero-order valence-electron chi connectivity index (χ0n) is 15.5. The van der Waals surface area contributed by atoms with E-state index in [0.717, 1.165) is 11.5 Å². The van der Waals surface area contributed by atoms with Crippen LogP contribution in [0.3, 0.4) is 0 Å². The van der Waals surface area contributed by atoms with E-state index in [0.29, 0.717) is 6.61 Å². The van der Waals surface area contributed by atoms with Crippen LogP contribution in [0, 0.1) is 0 Å². The number of hydrogen-bond donors (Lipinski definition) is 0. The third kappa shape index (κ3) is 5.57. The van der Waals surface area contributed by atoms with Gasteiger partial charge in [0.15, 0.2) is 18.3 Å². The van der Waals surface area contributed by atoms with E-state index in [4.69, 9.17) is 43.4 Å². The van der Waals surface area contributed by atoms with E-state index in [1.54, 1.807) is 0 Å². The molecule has 4 rings (SSSR count). The molecule has 0 aromatic heterocycles. The van der Waals surface area contributed by atoms with Gasteiger partial charge >= 0.3 is 10.5 Å². The zero-order chi connectivity index (χ0) is 20.1. The molecule has 3 atom stereocenters. The number of hydrogen-bond acceptors (Lipinski definition) is 8. The van der Waals surface area contributed by atoms with Crippen LogP contribution >= 0.6 is 48.0 Å². The van der Waals surface area contributed by atoms with Gasteiger partial charge in [-0.25, -0.2) is 0 Å². The number of thioether (sulfide) groups is 2. The highest BCUT2D eigenvalue weighted by atomic mass is 32.2. The minimum Gasteiger partial charge on any atom is -0.453 e. The molecule has 2 saturated heterocycles. The van der Waals surface area contributed by atoms with Gasteiger partial charge in [0, 0.05) is 35.9 Å². The van der Waals surface area contributed by atoms with E-state index in [2.05, 4.69) is 48.5 Å². The molecule has 152 valence electrons. The van der Waals surface area contributed by atoms with E-state index < -0.39 is 0 Å². The number of thiocarbonyl (C=S) groups is 2. The SMILES string of the molecule is S=C1OC[C@H]([C@@H]2OC(=S)O[C@H]2C(SCc2ccccc2)SCc2ccccc2)O1. The molecule has 8 heteroatoms. The second-order valence-electron chi connectivity index (χ2n) is 6.59. The Labute approximate surface area is 189 Å². The highest BCUT2D eigenvalue weighted by molar-refractivity contribution is 8.16. The minimum absolute atomic E-state index is 0.0960. The van der Waals surface area contributed by atoms with Gasteiger partial charge in [0.1, 0.15) is 6.61 Å². The molecule has 2 aliphatic heterocycles. The summed E-state index contributed by atoms with van der Waals surface area (Å²) in [5.74, 6) is 1.74. The van der Waals surface area contributed by atoms with Gasteiger partial charge < -0.3 is 18.9 Å². The van der Waals surface area contributed by atoms with E-state index in [1.165, 1.54) is 11.1 Å². The Kier molecular flexibility index (Phi) is 7.18. The summed E-state index contributed by atoms with van der Waals surface area (Å²) in [6.07, 6.45) is -0.913. The van der Waals surface area contributed by atoms with Crippen molar-refractivity contribution >= 4 is 58.4 Å². The topological polar surface area (TPSA) is 36.9 Å². The van der Waals surface area contributed by atoms with Gasteiger partial charge in [-0.3, -0.25) is 0 Å². The van der Waals surface area contributed by atoms with Gasteiger partial charge in [0.05, 0.1) is 4.58 Å². The zero-order valence-corrected chi connectivity index (χ0v) is 18.7. The van der Waals surface area contributed by atoms with Crippen molar-refractivity contribution in [1.82, 2.24) is 0 Å². The van der Waals surface area contributed by atoms with Crippen molar-refractivity contribution in [2.75, 3.05) is 6.61 Å². The average Bonchev–Trinajstić information content (AvgIpc) is 3.35. The first kappa shape index (κ1) is 20.8. The first-order chi connectivity index (χ1) is 14.2. The Balaban J connectivity index is 1.49. The van der Waals surface area contributed by atoms with Gasteiger partial charge in [-0.15, -0.1) is 23.5 Å². The summed E-state index contributed by atoms with van der Waals surface area (Å²) in [7, 11) is 0. The molecule has 2 aromatic carbocycles. The Morgan fingerprint density at radius 3 is 1.90 bits per heavy atom. The standard InChI is InChI=1S/C21H20O4S4/c26-20-22-11-16(23-20)17-18(25-21(27)24-17)19(28-12-14-7-3-1-4-8-14)29-13-15-9-5-2-6-10-15/h1-10,16-19H,11-13H2/t16-,17+,18-/m1/s1. The van der Waals surface area contributed by atoms with Crippen molar-refractivity contribution < 1.29 is 18.9 Å². The van der Waals surface area contributed by atoms with Crippen molar-refractivity contribution in [3.63, 3.8) is 0 Å². The molecule has 0 N–H and O–H groups in total. The lowest BCUT2D eigenvalue weighted by Gasteiger charge is -2.26. The second kappa shape index (κ2) is 10.0. The Morgan fingerprint density at radius 1 is 0.793 bits per heavy atom. The fourth-order valence-corrected chi connectivity index (χ4v) is 6.23. The van der Waals surface area contributed by atoms with Gasteiger partial charge in [0.2, 0.25) is 0 Å². The summed E-state index contributed by atoms with van der Waals surface area (Å²) in [6.45, 7) is 0.353. The van der Waals surface area contributed by atoms with Crippen molar-refractivity contribution in [3.05, 3.63) is 71.8 Å². The molecular formula is C21H20O4S4. The average molecular weight is 465 g/mol. The molecule has 2 heterocycles. The van der Waals surface area contributed by atoms with Gasteiger partial charge in [0.25, 0.3) is 0 Å². The summed E-state index contributed by atoms with van der Waals surface area (Å²) < 4.78 is 22.8. The van der Waals surface area contributed by atoms with Crippen molar-refractivity contribution in [3.8, 4) is 0 Å². The molecule has 0 aliphatic carbocycles. The molecule has 0 radical (unpaired) electrons. The van der Waals surface area contributed by atoms with Crippen LogP contribution in [0.2, 0.25) is 0 Å². The van der Waals surface area contributed by atoms with Crippen LogP contribution in [-0.2, 0) is 30.5 Å². The summed E-state index contributed by atoms with van der Waals surface area (Å²) in [5, 5.41) is 0.313. The van der Waals surface area contributed by atoms with Gasteiger partial charge in [-0.1, -0.05) is 60.7 Å². The van der Waals surface area contributed by atoms with Crippen molar-refractivity contribution in [2.45, 2.75) is 34.4 Å². The Morgan fingerprint density at radius 2 is 1.38 bits per heavy atom. The lowest BCUT2D eigenvalue weighted by Crippen LogP contribution is -2.41. The maximum atomic E-state index is 5.95. The summed E-state index contributed by atoms with van der Waals surface area (Å²) in [5.41, 5.74) is 2.53. The quantitative estimate of drug-likeness (QED) is 0.401. The highest BCUT2D eigenvalue weighted by Gasteiger charge is 2.48. The Bertz CT molecular complexity index is 790. The fourth-order valence-electron chi connectivity index (χ4n) is 3.13. The van der Waals surface area contributed by atoms with Crippen LogP contribution in [-0.4, -0.2) is 40.0 Å². The van der Waals surface area contributed by atoms with Gasteiger partial charge in [-0.2, -0.15) is 0 Å². The highest BCUT2D eigenvalue weighted by Crippen LogP contribution is 2.39. The summed E-state index contributed by atoms with van der Waals surface area (Å²) in [4.78, 5) is 0. The molecule has 2 aromatic rings. The van der Waals surface area contributed by atoms with E-state index in [-0.39, 0.29) is 33.4 Å². The molecule has 2 aliphatic rings. The number of ether oxygens (including phenoxy) is 4. The van der Waals surface area contributed by atoms with Crippen LogP contribution in [0.4, 0.5) is 0 Å². The summed E-state index contributed by atoms with van der Waals surface area (Å²) >= 11 is 13.9. The Hall–Kier alpha value is -1.48. The number of rotatable bonds is 8. The normalized spacial score (nSPS) is 23.4. The monoisotopic (exact) mass is 464 g/mol. The third-order valence-electron chi connectivity index (χ3n) is 4.55. The second-order valence-corrected chi connectivity index (χ2v) is 9.82. The van der Waals surface area contributed by atoms with E-state index in [1.807, 2.05) is 35.7 Å². The number of benzene rings is 2. The molecule has 0 bridgehead atoms. The van der Waals surface area contributed by atoms with Crippen LogP contribution in [0.15, 0.2) is 60.7 Å². The maximum Gasteiger partial charge on any atom is 0.353 e. The molecule has 0 spiro atoms. The smallest absolute Gasteiger partial charge is 0.353 e. The van der Waals surface area contributed by atoms with Crippen LogP contribution < -0.4 is 0 Å². The van der Waals surface area contributed by atoms with Crippen molar-refractivity contribution in [2.24, 2.45) is 0 Å². The van der Waals surface area contributed by atoms with E-state index >= 15 is 0 Å². The molecule has 29 heavy (non-hydrogen) atoms. The molecule has 0 amide bonds. The molecule has 0 saturated carbocycles. The van der Waals surface area contributed by atoms with Gasteiger partial charge in [-0.05, 0) is 11.1 Å². The fraction of sp³-hybridized carbons (Fsp3) is 0.333. The molecular weight excluding hydrogens is 444 g/mol.